The number of aromatic amines is 1. The molecule has 3 aromatic carbocycles. The smallest absolute Gasteiger partial charge is 0.145 e. The minimum atomic E-state index is 0.945. The van der Waals surface area contributed by atoms with Gasteiger partial charge in [0.15, 0.2) is 0 Å². The number of aromatic nitrogens is 1. The molecule has 0 unspecified atom stereocenters. The van der Waals surface area contributed by atoms with Gasteiger partial charge in [-0.3, -0.25) is 0 Å². The van der Waals surface area contributed by atoms with Crippen molar-refractivity contribution in [1.82, 2.24) is 4.98 Å². The van der Waals surface area contributed by atoms with Crippen molar-refractivity contribution in [2.75, 3.05) is 0 Å². The molecular formula is C21H19NO. The molecule has 23 heavy (non-hydrogen) atoms. The van der Waals surface area contributed by atoms with E-state index in [4.69, 9.17) is 4.42 Å². The summed E-state index contributed by atoms with van der Waals surface area (Å²) < 4.78 is 6.11. The van der Waals surface area contributed by atoms with Crippen LogP contribution >= 0.6 is 0 Å². The first kappa shape index (κ1) is 13.9. The van der Waals surface area contributed by atoms with Crippen molar-refractivity contribution >= 4 is 43.7 Å². The van der Waals surface area contributed by atoms with Crippen LogP contribution in [0.4, 0.5) is 0 Å². The number of para-hydroxylation sites is 2. The number of H-pyrrole nitrogens is 1. The zero-order valence-electron chi connectivity index (χ0n) is 13.4. The van der Waals surface area contributed by atoms with Crippen molar-refractivity contribution in [3.8, 4) is 0 Å². The fourth-order valence-corrected chi connectivity index (χ4v) is 3.12. The van der Waals surface area contributed by atoms with Gasteiger partial charge in [-0.25, -0.2) is 0 Å². The normalized spacial score (nSPS) is 11.2. The molecule has 114 valence electrons. The summed E-state index contributed by atoms with van der Waals surface area (Å²) in [5.74, 6) is 0. The lowest BCUT2D eigenvalue weighted by Crippen LogP contribution is -1.69. The van der Waals surface area contributed by atoms with Crippen molar-refractivity contribution in [3.05, 3.63) is 60.7 Å². The Morgan fingerprint density at radius 2 is 1.43 bits per heavy atom. The number of benzene rings is 3. The molecule has 0 saturated heterocycles. The fraction of sp³-hybridized carbons (Fsp3) is 0.143. The molecular weight excluding hydrogens is 282 g/mol. The molecule has 2 heterocycles. The summed E-state index contributed by atoms with van der Waals surface area (Å²) in [6.07, 6.45) is 1.25. The molecule has 0 radical (unpaired) electrons. The Morgan fingerprint density at radius 1 is 0.739 bits per heavy atom. The number of rotatable bonds is 0. The van der Waals surface area contributed by atoms with E-state index >= 15 is 0 Å². The standard InChI is InChI=1S/C18H11NO.C3H8/c1-3-7-14-13(6-1)17-15(19-14)10-9-12-11-5-2-4-8-16(11)20-18(12)17;1-3-2/h1-10,19H;3H2,1-2H3. The highest BCUT2D eigenvalue weighted by molar-refractivity contribution is 6.22. The zero-order valence-corrected chi connectivity index (χ0v) is 13.4. The molecule has 0 atom stereocenters. The summed E-state index contributed by atoms with van der Waals surface area (Å²) in [6, 6.07) is 20.8. The van der Waals surface area contributed by atoms with Crippen LogP contribution in [-0.2, 0) is 0 Å². The predicted molar refractivity (Wildman–Crippen MR) is 99.0 cm³/mol. The van der Waals surface area contributed by atoms with Gasteiger partial charge in [0, 0.05) is 21.7 Å². The molecule has 0 fully saturated rings. The largest absolute Gasteiger partial charge is 0.455 e. The molecule has 0 aliphatic rings. The van der Waals surface area contributed by atoms with E-state index in [1.807, 2.05) is 18.2 Å². The molecule has 0 aliphatic heterocycles. The van der Waals surface area contributed by atoms with Crippen LogP contribution in [0.1, 0.15) is 20.3 Å². The highest BCUT2D eigenvalue weighted by atomic mass is 16.3. The Kier molecular flexibility index (Phi) is 3.30. The van der Waals surface area contributed by atoms with Crippen LogP contribution in [0, 0.1) is 0 Å². The summed E-state index contributed by atoms with van der Waals surface area (Å²) >= 11 is 0. The number of hydrogen-bond acceptors (Lipinski definition) is 1. The Morgan fingerprint density at radius 3 is 2.26 bits per heavy atom. The van der Waals surface area contributed by atoms with E-state index < -0.39 is 0 Å². The topological polar surface area (TPSA) is 28.9 Å². The molecule has 0 amide bonds. The lowest BCUT2D eigenvalue weighted by molar-refractivity contribution is 0.673. The van der Waals surface area contributed by atoms with Crippen LogP contribution in [0.2, 0.25) is 0 Å². The van der Waals surface area contributed by atoms with Crippen LogP contribution in [0.15, 0.2) is 65.1 Å². The van der Waals surface area contributed by atoms with Crippen molar-refractivity contribution < 1.29 is 4.42 Å². The quantitative estimate of drug-likeness (QED) is 0.341. The molecule has 0 bridgehead atoms. The predicted octanol–water partition coefficient (Wildman–Crippen LogP) is 6.64. The Labute approximate surface area is 134 Å². The third kappa shape index (κ3) is 2.10. The summed E-state index contributed by atoms with van der Waals surface area (Å²) in [5, 5.41) is 4.74. The number of nitrogens with one attached hydrogen (secondary N) is 1. The van der Waals surface area contributed by atoms with Gasteiger partial charge in [0.1, 0.15) is 11.2 Å². The summed E-state index contributed by atoms with van der Waals surface area (Å²) in [6.45, 7) is 4.25. The Hall–Kier alpha value is -2.74. The highest BCUT2D eigenvalue weighted by Crippen LogP contribution is 2.37. The second-order valence-electron chi connectivity index (χ2n) is 5.84. The van der Waals surface area contributed by atoms with Crippen molar-refractivity contribution in [2.24, 2.45) is 0 Å². The average Bonchev–Trinajstić information content (AvgIpc) is 3.13. The Bertz CT molecular complexity index is 1110. The molecule has 5 aromatic rings. The van der Waals surface area contributed by atoms with E-state index in [0.29, 0.717) is 0 Å². The minimum absolute atomic E-state index is 0.945. The van der Waals surface area contributed by atoms with E-state index in [2.05, 4.69) is 61.3 Å². The van der Waals surface area contributed by atoms with E-state index in [1.165, 1.54) is 28.0 Å². The van der Waals surface area contributed by atoms with Crippen LogP contribution in [-0.4, -0.2) is 4.98 Å². The van der Waals surface area contributed by atoms with Gasteiger partial charge in [-0.2, -0.15) is 0 Å². The SMILES string of the molecule is CCC.c1ccc2c(c1)[nH]c1ccc3c4ccccc4oc3c12. The van der Waals surface area contributed by atoms with Crippen LogP contribution in [0.25, 0.3) is 43.7 Å². The molecule has 2 aromatic heterocycles. The molecule has 1 N–H and O–H groups in total. The van der Waals surface area contributed by atoms with Crippen molar-refractivity contribution in [1.29, 1.82) is 0 Å². The molecule has 0 saturated carbocycles. The minimum Gasteiger partial charge on any atom is -0.455 e. The van der Waals surface area contributed by atoms with Gasteiger partial charge in [-0.05, 0) is 24.3 Å². The van der Waals surface area contributed by atoms with Gasteiger partial charge in [0.05, 0.1) is 10.9 Å². The lowest BCUT2D eigenvalue weighted by Gasteiger charge is -1.93. The first-order chi connectivity index (χ1) is 11.3. The zero-order chi connectivity index (χ0) is 15.8. The highest BCUT2D eigenvalue weighted by Gasteiger charge is 2.13. The Balaban J connectivity index is 0.000000421. The average molecular weight is 301 g/mol. The van der Waals surface area contributed by atoms with Gasteiger partial charge in [-0.1, -0.05) is 56.7 Å². The van der Waals surface area contributed by atoms with E-state index in [0.717, 1.165) is 22.2 Å². The van der Waals surface area contributed by atoms with E-state index in [9.17, 15) is 0 Å². The van der Waals surface area contributed by atoms with Crippen molar-refractivity contribution in [2.45, 2.75) is 20.3 Å². The summed E-state index contributed by atoms with van der Waals surface area (Å²) in [7, 11) is 0. The monoisotopic (exact) mass is 301 g/mol. The summed E-state index contributed by atoms with van der Waals surface area (Å²) in [4.78, 5) is 3.45. The number of furan rings is 1. The van der Waals surface area contributed by atoms with Crippen molar-refractivity contribution in [3.63, 3.8) is 0 Å². The third-order valence-corrected chi connectivity index (χ3v) is 4.01. The van der Waals surface area contributed by atoms with E-state index in [-0.39, 0.29) is 0 Å². The second-order valence-corrected chi connectivity index (χ2v) is 5.84. The van der Waals surface area contributed by atoms with Gasteiger partial charge < -0.3 is 9.40 Å². The lowest BCUT2D eigenvalue weighted by atomic mass is 10.1. The summed E-state index contributed by atoms with van der Waals surface area (Å²) in [5.41, 5.74) is 4.19. The van der Waals surface area contributed by atoms with Gasteiger partial charge in [0.25, 0.3) is 0 Å². The molecule has 2 heteroatoms. The van der Waals surface area contributed by atoms with Crippen LogP contribution in [0.3, 0.4) is 0 Å². The van der Waals surface area contributed by atoms with Crippen LogP contribution in [0.5, 0.6) is 0 Å². The molecule has 0 spiro atoms. The first-order valence-corrected chi connectivity index (χ1v) is 8.14. The van der Waals surface area contributed by atoms with Gasteiger partial charge in [-0.15, -0.1) is 0 Å². The van der Waals surface area contributed by atoms with Gasteiger partial charge in [0.2, 0.25) is 0 Å². The number of hydrogen-bond donors (Lipinski definition) is 1. The first-order valence-electron chi connectivity index (χ1n) is 8.14. The van der Waals surface area contributed by atoms with Gasteiger partial charge >= 0.3 is 0 Å². The second kappa shape index (κ2) is 5.47. The van der Waals surface area contributed by atoms with E-state index in [1.54, 1.807) is 0 Å². The maximum absolute atomic E-state index is 6.11. The fourth-order valence-electron chi connectivity index (χ4n) is 3.12. The number of fused-ring (bicyclic) bond motifs is 7. The molecule has 5 rings (SSSR count). The maximum Gasteiger partial charge on any atom is 0.145 e. The molecule has 0 aliphatic carbocycles. The third-order valence-electron chi connectivity index (χ3n) is 4.01. The molecule has 2 nitrogen and oxygen atoms in total. The van der Waals surface area contributed by atoms with Crippen LogP contribution < -0.4 is 0 Å². The maximum atomic E-state index is 6.11.